The summed E-state index contributed by atoms with van der Waals surface area (Å²) >= 11 is 2.11. The van der Waals surface area contributed by atoms with Crippen LogP contribution in [0.15, 0.2) is 36.4 Å². The van der Waals surface area contributed by atoms with Crippen molar-refractivity contribution in [1.29, 1.82) is 10.5 Å². The minimum Gasteiger partial charge on any atom is -0.391 e. The van der Waals surface area contributed by atoms with E-state index >= 15 is 0 Å². The quantitative estimate of drug-likeness (QED) is 0.320. The number of hydrogen-bond donors (Lipinski definition) is 4. The number of nitriles is 2. The van der Waals surface area contributed by atoms with Gasteiger partial charge >= 0.3 is 0 Å². The molecule has 0 aliphatic rings. The zero-order chi connectivity index (χ0) is 23.0. The van der Waals surface area contributed by atoms with Crippen LogP contribution in [0.5, 0.6) is 0 Å². The van der Waals surface area contributed by atoms with Crippen LogP contribution in [0.1, 0.15) is 47.3 Å². The number of hydrazine groups is 1. The van der Waals surface area contributed by atoms with Crippen LogP contribution in [0.2, 0.25) is 0 Å². The number of aliphatic hydroxyl groups excluding tert-OH is 1. The summed E-state index contributed by atoms with van der Waals surface area (Å²) in [6.07, 6.45) is 0.473. The number of carbonyl (C=O) groups is 2. The van der Waals surface area contributed by atoms with Gasteiger partial charge in [0, 0.05) is 14.8 Å². The second kappa shape index (κ2) is 11.3. The van der Waals surface area contributed by atoms with Crippen molar-refractivity contribution in [2.45, 2.75) is 38.8 Å². The number of rotatable bonds is 7. The highest BCUT2D eigenvalue weighted by Crippen LogP contribution is 2.27. The number of hydrogen-bond acceptors (Lipinski definition) is 6. The Morgan fingerprint density at radius 3 is 2.32 bits per heavy atom. The van der Waals surface area contributed by atoms with Crippen LogP contribution in [0.3, 0.4) is 0 Å². The Labute approximate surface area is 194 Å². The number of nitrogens with one attached hydrogen (secondary N) is 3. The number of anilines is 1. The molecule has 0 bridgehead atoms. The molecule has 0 aromatic heterocycles. The van der Waals surface area contributed by atoms with Crippen molar-refractivity contribution in [3.8, 4) is 12.1 Å². The third kappa shape index (κ3) is 6.17. The van der Waals surface area contributed by atoms with Crippen LogP contribution in [-0.2, 0) is 11.2 Å². The van der Waals surface area contributed by atoms with Gasteiger partial charge in [-0.15, -0.1) is 0 Å². The molecule has 2 amide bonds. The molecule has 8 nitrogen and oxygen atoms in total. The van der Waals surface area contributed by atoms with Crippen molar-refractivity contribution in [2.24, 2.45) is 0 Å². The van der Waals surface area contributed by atoms with Gasteiger partial charge in [0.2, 0.25) is 0 Å². The van der Waals surface area contributed by atoms with Gasteiger partial charge in [0.1, 0.15) is 12.1 Å². The molecule has 0 aliphatic heterocycles. The van der Waals surface area contributed by atoms with Crippen LogP contribution in [0, 0.1) is 26.2 Å². The van der Waals surface area contributed by atoms with Crippen molar-refractivity contribution < 1.29 is 14.7 Å². The van der Waals surface area contributed by atoms with E-state index in [0.717, 1.165) is 15.6 Å². The minimum atomic E-state index is -1.06. The monoisotopic (exact) mass is 531 g/mol. The van der Waals surface area contributed by atoms with Crippen molar-refractivity contribution in [3.05, 3.63) is 62.2 Å². The van der Waals surface area contributed by atoms with Gasteiger partial charge in [-0.2, -0.15) is 10.5 Å². The SMILES string of the molecule is CCCc1c(N[C@@H](C(=O)NNC(=O)c2ccc(C#N)cc2)[C@H](C)O)ccc(C#N)c1I. The topological polar surface area (TPSA) is 138 Å². The molecule has 0 saturated heterocycles. The summed E-state index contributed by atoms with van der Waals surface area (Å²) in [6, 6.07) is 12.4. The predicted molar refractivity (Wildman–Crippen MR) is 124 cm³/mol. The number of nitrogens with zero attached hydrogens (tertiary/aromatic N) is 2. The molecular formula is C22H22IN5O3. The number of halogens is 1. The largest absolute Gasteiger partial charge is 0.391 e. The molecule has 160 valence electrons. The Balaban J connectivity index is 2.14. The maximum atomic E-state index is 12.7. The van der Waals surface area contributed by atoms with E-state index in [2.05, 4.69) is 44.8 Å². The summed E-state index contributed by atoms with van der Waals surface area (Å²) in [5.74, 6) is -1.18. The highest BCUT2D eigenvalue weighted by molar-refractivity contribution is 14.1. The van der Waals surface area contributed by atoms with Crippen LogP contribution >= 0.6 is 22.6 Å². The summed E-state index contributed by atoms with van der Waals surface area (Å²) in [5, 5.41) is 31.3. The fraction of sp³-hybridized carbons (Fsp3) is 0.273. The van der Waals surface area contributed by atoms with Crippen molar-refractivity contribution in [2.75, 3.05) is 5.32 Å². The van der Waals surface area contributed by atoms with Gasteiger partial charge in [-0.05, 0) is 77.9 Å². The van der Waals surface area contributed by atoms with Gasteiger partial charge in [0.25, 0.3) is 11.8 Å². The smallest absolute Gasteiger partial charge is 0.269 e. The molecule has 2 atom stereocenters. The Morgan fingerprint density at radius 1 is 1.10 bits per heavy atom. The fourth-order valence-electron chi connectivity index (χ4n) is 2.87. The third-order valence-electron chi connectivity index (χ3n) is 4.51. The Bertz CT molecular complexity index is 1040. The molecule has 2 aromatic carbocycles. The molecule has 9 heteroatoms. The fourth-order valence-corrected chi connectivity index (χ4v) is 3.74. The van der Waals surface area contributed by atoms with E-state index in [9.17, 15) is 20.0 Å². The van der Waals surface area contributed by atoms with Crippen LogP contribution in [-0.4, -0.2) is 29.1 Å². The summed E-state index contributed by atoms with van der Waals surface area (Å²) in [5.41, 5.74) is 7.39. The highest BCUT2D eigenvalue weighted by Gasteiger charge is 2.25. The number of benzene rings is 2. The van der Waals surface area contributed by atoms with Gasteiger partial charge < -0.3 is 10.4 Å². The molecule has 0 unspecified atom stereocenters. The average molecular weight is 531 g/mol. The first-order valence-electron chi connectivity index (χ1n) is 9.58. The maximum Gasteiger partial charge on any atom is 0.269 e. The van der Waals surface area contributed by atoms with Gasteiger partial charge in [-0.3, -0.25) is 20.4 Å². The zero-order valence-corrected chi connectivity index (χ0v) is 19.2. The van der Waals surface area contributed by atoms with E-state index in [0.29, 0.717) is 23.2 Å². The van der Waals surface area contributed by atoms with E-state index in [1.54, 1.807) is 12.1 Å². The number of carbonyl (C=O) groups excluding carboxylic acids is 2. The first-order valence-corrected chi connectivity index (χ1v) is 10.7. The average Bonchev–Trinajstić information content (AvgIpc) is 2.77. The van der Waals surface area contributed by atoms with Crippen molar-refractivity contribution in [3.63, 3.8) is 0 Å². The standard InChI is InChI=1S/C22H22IN5O3/c1-3-4-17-18(10-9-16(12-25)19(17)23)26-20(13(2)29)22(31)28-27-21(30)15-7-5-14(11-24)6-8-15/h5-10,13,20,26,29H,3-4H2,1-2H3,(H,27,30)(H,28,31)/t13-,20+/m0/s1. The number of amides is 2. The molecule has 0 saturated carbocycles. The molecule has 2 rings (SSSR count). The normalized spacial score (nSPS) is 12.1. The highest BCUT2D eigenvalue weighted by atomic mass is 127. The predicted octanol–water partition coefficient (Wildman–Crippen LogP) is 2.61. The van der Waals surface area contributed by atoms with Crippen molar-refractivity contribution in [1.82, 2.24) is 10.9 Å². The van der Waals surface area contributed by atoms with Gasteiger partial charge in [0.15, 0.2) is 0 Å². The summed E-state index contributed by atoms with van der Waals surface area (Å²) in [7, 11) is 0. The van der Waals surface area contributed by atoms with E-state index in [1.807, 2.05) is 13.0 Å². The van der Waals surface area contributed by atoms with Gasteiger partial charge in [-0.1, -0.05) is 13.3 Å². The van der Waals surface area contributed by atoms with Crippen molar-refractivity contribution >= 4 is 40.1 Å². The molecule has 4 N–H and O–H groups in total. The Kier molecular flexibility index (Phi) is 8.79. The first kappa shape index (κ1) is 24.1. The molecule has 0 radical (unpaired) electrons. The molecule has 0 spiro atoms. The van der Waals surface area contributed by atoms with E-state index in [4.69, 9.17) is 5.26 Å². The zero-order valence-electron chi connectivity index (χ0n) is 17.1. The summed E-state index contributed by atoms with van der Waals surface area (Å²) < 4.78 is 0.797. The van der Waals surface area contributed by atoms with E-state index in [1.165, 1.54) is 31.2 Å². The maximum absolute atomic E-state index is 12.7. The summed E-state index contributed by atoms with van der Waals surface area (Å²) in [6.45, 7) is 3.48. The second-order valence-electron chi connectivity index (χ2n) is 6.81. The first-order chi connectivity index (χ1) is 14.8. The van der Waals surface area contributed by atoms with E-state index < -0.39 is 24.0 Å². The van der Waals surface area contributed by atoms with Crippen LogP contribution < -0.4 is 16.2 Å². The lowest BCUT2D eigenvalue weighted by Crippen LogP contribution is -2.52. The molecule has 0 aliphatic carbocycles. The van der Waals surface area contributed by atoms with E-state index in [-0.39, 0.29) is 5.56 Å². The Morgan fingerprint density at radius 2 is 1.77 bits per heavy atom. The minimum absolute atomic E-state index is 0.271. The molecule has 31 heavy (non-hydrogen) atoms. The summed E-state index contributed by atoms with van der Waals surface area (Å²) in [4.78, 5) is 24.9. The molecule has 2 aromatic rings. The van der Waals surface area contributed by atoms with Crippen LogP contribution in [0.4, 0.5) is 5.69 Å². The lowest BCUT2D eigenvalue weighted by molar-refractivity contribution is -0.124. The van der Waals surface area contributed by atoms with Gasteiger partial charge in [-0.25, -0.2) is 0 Å². The van der Waals surface area contributed by atoms with Gasteiger partial charge in [0.05, 0.1) is 23.3 Å². The third-order valence-corrected chi connectivity index (χ3v) is 5.75. The Hall–Kier alpha value is -3.15. The molecular weight excluding hydrogens is 509 g/mol. The van der Waals surface area contributed by atoms with Crippen LogP contribution in [0.25, 0.3) is 0 Å². The molecule has 0 heterocycles. The second-order valence-corrected chi connectivity index (χ2v) is 7.89. The number of aliphatic hydroxyl groups is 1. The molecule has 0 fully saturated rings. The lowest BCUT2D eigenvalue weighted by Gasteiger charge is -2.24. The lowest BCUT2D eigenvalue weighted by atomic mass is 10.0.